The van der Waals surface area contributed by atoms with Gasteiger partial charge in [-0.3, -0.25) is 19.0 Å². The fourth-order valence-electron chi connectivity index (χ4n) is 3.85. The molecule has 1 aliphatic rings. The highest BCUT2D eigenvalue weighted by Gasteiger charge is 2.54. The normalized spacial score (nSPS) is 14.6. The Hall–Kier alpha value is -2.41. The SMILES string of the molecule is COC(=O)C1(C(=O)OC)Cc2c(c(C)n(-c3ccccc3Br)c(=O)c2C)C1. The highest BCUT2D eigenvalue weighted by atomic mass is 79.9. The van der Waals surface area contributed by atoms with Crippen molar-refractivity contribution in [2.75, 3.05) is 14.2 Å². The molecular formula is C20H20BrNO5. The van der Waals surface area contributed by atoms with E-state index in [0.717, 1.165) is 15.6 Å². The van der Waals surface area contributed by atoms with Crippen molar-refractivity contribution in [3.8, 4) is 5.69 Å². The molecule has 6 nitrogen and oxygen atoms in total. The lowest BCUT2D eigenvalue weighted by atomic mass is 9.84. The van der Waals surface area contributed by atoms with Crippen molar-refractivity contribution in [3.05, 3.63) is 61.5 Å². The summed E-state index contributed by atoms with van der Waals surface area (Å²) in [6, 6.07) is 7.42. The van der Waals surface area contributed by atoms with Crippen LogP contribution in [0.1, 0.15) is 22.4 Å². The van der Waals surface area contributed by atoms with Gasteiger partial charge in [-0.2, -0.15) is 0 Å². The number of esters is 2. The van der Waals surface area contributed by atoms with E-state index in [0.29, 0.717) is 16.9 Å². The summed E-state index contributed by atoms with van der Waals surface area (Å²) in [5, 5.41) is 0. The Morgan fingerprint density at radius 2 is 1.59 bits per heavy atom. The maximum Gasteiger partial charge on any atom is 0.323 e. The fourth-order valence-corrected chi connectivity index (χ4v) is 4.32. The van der Waals surface area contributed by atoms with Gasteiger partial charge in [0.1, 0.15) is 0 Å². The van der Waals surface area contributed by atoms with Gasteiger partial charge in [-0.1, -0.05) is 12.1 Å². The molecule has 1 aliphatic carbocycles. The molecule has 2 aromatic rings. The largest absolute Gasteiger partial charge is 0.468 e. The summed E-state index contributed by atoms with van der Waals surface area (Å²) in [5.74, 6) is -1.30. The molecule has 3 rings (SSSR count). The maximum absolute atomic E-state index is 13.1. The first-order valence-electron chi connectivity index (χ1n) is 8.44. The molecular weight excluding hydrogens is 414 g/mol. The van der Waals surface area contributed by atoms with E-state index in [2.05, 4.69) is 15.9 Å². The van der Waals surface area contributed by atoms with E-state index in [9.17, 15) is 14.4 Å². The number of ether oxygens (including phenoxy) is 2. The van der Waals surface area contributed by atoms with Crippen LogP contribution in [-0.2, 0) is 31.9 Å². The van der Waals surface area contributed by atoms with E-state index in [1.807, 2.05) is 31.2 Å². The molecule has 0 saturated carbocycles. The number of hydrogen-bond acceptors (Lipinski definition) is 5. The van der Waals surface area contributed by atoms with E-state index in [1.54, 1.807) is 11.5 Å². The molecule has 0 fully saturated rings. The molecule has 0 radical (unpaired) electrons. The first-order valence-corrected chi connectivity index (χ1v) is 9.23. The van der Waals surface area contributed by atoms with Gasteiger partial charge in [0.05, 0.1) is 19.9 Å². The molecule has 0 aliphatic heterocycles. The third-order valence-electron chi connectivity index (χ3n) is 5.32. The van der Waals surface area contributed by atoms with Crippen LogP contribution >= 0.6 is 15.9 Å². The first kappa shape index (κ1) is 19.4. The van der Waals surface area contributed by atoms with Gasteiger partial charge in [-0.15, -0.1) is 0 Å². The lowest BCUT2D eigenvalue weighted by Crippen LogP contribution is -2.42. The molecule has 7 heteroatoms. The number of carbonyl (C=O) groups is 2. The van der Waals surface area contributed by atoms with Crippen LogP contribution in [0.5, 0.6) is 0 Å². The molecule has 27 heavy (non-hydrogen) atoms. The van der Waals surface area contributed by atoms with Gasteiger partial charge in [-0.25, -0.2) is 0 Å². The zero-order chi connectivity index (χ0) is 19.9. The van der Waals surface area contributed by atoms with Crippen LogP contribution in [0.15, 0.2) is 33.5 Å². The summed E-state index contributed by atoms with van der Waals surface area (Å²) in [4.78, 5) is 38.1. The molecule has 142 valence electrons. The van der Waals surface area contributed by atoms with Gasteiger partial charge in [-0.05, 0) is 53.0 Å². The third kappa shape index (κ3) is 2.81. The summed E-state index contributed by atoms with van der Waals surface area (Å²) in [6.45, 7) is 3.54. The second kappa shape index (κ2) is 6.96. The Bertz CT molecular complexity index is 992. The number of pyridine rings is 1. The Balaban J connectivity index is 2.27. The van der Waals surface area contributed by atoms with Crippen LogP contribution in [0.25, 0.3) is 5.69 Å². The molecule has 1 aromatic heterocycles. The van der Waals surface area contributed by atoms with Crippen LogP contribution in [-0.4, -0.2) is 30.7 Å². The van der Waals surface area contributed by atoms with Gasteiger partial charge in [0.25, 0.3) is 5.56 Å². The van der Waals surface area contributed by atoms with Crippen molar-refractivity contribution in [1.29, 1.82) is 0 Å². The van der Waals surface area contributed by atoms with Crippen LogP contribution in [0.3, 0.4) is 0 Å². The van der Waals surface area contributed by atoms with Crippen molar-refractivity contribution in [2.24, 2.45) is 5.41 Å². The van der Waals surface area contributed by atoms with Crippen LogP contribution in [0, 0.1) is 19.3 Å². The fraction of sp³-hybridized carbons (Fsp3) is 0.350. The lowest BCUT2D eigenvalue weighted by Gasteiger charge is -2.22. The van der Waals surface area contributed by atoms with Crippen molar-refractivity contribution in [2.45, 2.75) is 26.7 Å². The van der Waals surface area contributed by atoms with Crippen LogP contribution in [0.2, 0.25) is 0 Å². The number of methoxy groups -OCH3 is 2. The number of aromatic nitrogens is 1. The standard InChI is InChI=1S/C20H20BrNO5/c1-11-13-9-20(18(24)26-3,19(25)27-4)10-14(13)12(2)22(17(11)23)16-8-6-5-7-15(16)21/h5-8H,9-10H2,1-4H3. The van der Waals surface area contributed by atoms with Crippen LogP contribution in [0.4, 0.5) is 0 Å². The van der Waals surface area contributed by atoms with E-state index < -0.39 is 17.4 Å². The molecule has 1 heterocycles. The van der Waals surface area contributed by atoms with E-state index in [1.165, 1.54) is 14.2 Å². The molecule has 0 atom stereocenters. The zero-order valence-corrected chi connectivity index (χ0v) is 17.2. The lowest BCUT2D eigenvalue weighted by molar-refractivity contribution is -0.168. The van der Waals surface area contributed by atoms with Crippen molar-refractivity contribution in [3.63, 3.8) is 0 Å². The minimum atomic E-state index is -1.46. The molecule has 0 spiro atoms. The Kier molecular flexibility index (Phi) is 4.99. The molecule has 1 aromatic carbocycles. The number of carbonyl (C=O) groups excluding carboxylic acids is 2. The number of halogens is 1. The topological polar surface area (TPSA) is 74.6 Å². The van der Waals surface area contributed by atoms with E-state index in [4.69, 9.17) is 9.47 Å². The predicted molar refractivity (Wildman–Crippen MR) is 103 cm³/mol. The van der Waals surface area contributed by atoms with Crippen molar-refractivity contribution in [1.82, 2.24) is 4.57 Å². The number of nitrogens with zero attached hydrogens (tertiary/aromatic N) is 1. The average molecular weight is 434 g/mol. The third-order valence-corrected chi connectivity index (χ3v) is 5.99. The zero-order valence-electron chi connectivity index (χ0n) is 15.6. The quantitative estimate of drug-likeness (QED) is 0.549. The predicted octanol–water partition coefficient (Wildman–Crippen LogP) is 2.65. The molecule has 0 N–H and O–H groups in total. The molecule has 0 amide bonds. The number of rotatable bonds is 3. The number of benzene rings is 1. The molecule has 0 saturated heterocycles. The highest BCUT2D eigenvalue weighted by Crippen LogP contribution is 2.41. The van der Waals surface area contributed by atoms with Crippen molar-refractivity contribution < 1.29 is 19.1 Å². The van der Waals surface area contributed by atoms with E-state index >= 15 is 0 Å². The average Bonchev–Trinajstić information content (AvgIpc) is 3.09. The van der Waals surface area contributed by atoms with Crippen molar-refractivity contribution >= 4 is 27.9 Å². The monoisotopic (exact) mass is 433 g/mol. The van der Waals surface area contributed by atoms with Gasteiger partial charge < -0.3 is 9.47 Å². The van der Waals surface area contributed by atoms with Gasteiger partial charge in [0.15, 0.2) is 5.41 Å². The second-order valence-electron chi connectivity index (χ2n) is 6.68. The number of para-hydroxylation sites is 1. The Labute approximate surface area is 165 Å². The summed E-state index contributed by atoms with van der Waals surface area (Å²) in [7, 11) is 2.49. The summed E-state index contributed by atoms with van der Waals surface area (Å²) < 4.78 is 12.2. The van der Waals surface area contributed by atoms with Gasteiger partial charge in [0.2, 0.25) is 0 Å². The minimum absolute atomic E-state index is 0.0976. The number of fused-ring (bicyclic) bond motifs is 1. The molecule has 0 unspecified atom stereocenters. The second-order valence-corrected chi connectivity index (χ2v) is 7.53. The smallest absolute Gasteiger partial charge is 0.323 e. The van der Waals surface area contributed by atoms with Gasteiger partial charge in [0, 0.05) is 28.6 Å². The number of hydrogen-bond donors (Lipinski definition) is 0. The van der Waals surface area contributed by atoms with E-state index in [-0.39, 0.29) is 18.4 Å². The van der Waals surface area contributed by atoms with Gasteiger partial charge >= 0.3 is 11.9 Å². The Morgan fingerprint density at radius 3 is 2.15 bits per heavy atom. The highest BCUT2D eigenvalue weighted by molar-refractivity contribution is 9.10. The first-order chi connectivity index (χ1) is 12.8. The minimum Gasteiger partial charge on any atom is -0.468 e. The van der Waals surface area contributed by atoms with Crippen LogP contribution < -0.4 is 5.56 Å². The summed E-state index contributed by atoms with van der Waals surface area (Å²) >= 11 is 3.49. The summed E-state index contributed by atoms with van der Waals surface area (Å²) in [6.07, 6.45) is 0.236. The maximum atomic E-state index is 13.1. The molecule has 0 bridgehead atoms. The Morgan fingerprint density at radius 1 is 1.04 bits per heavy atom. The summed E-state index contributed by atoms with van der Waals surface area (Å²) in [5.41, 5.74) is 1.81.